The van der Waals surface area contributed by atoms with Crippen LogP contribution in [0.4, 0.5) is 8.78 Å². The number of nitrogens with one attached hydrogen (secondary N) is 1. The highest BCUT2D eigenvalue weighted by Gasteiger charge is 2.26. The summed E-state index contributed by atoms with van der Waals surface area (Å²) in [5, 5.41) is 3.42. The van der Waals surface area contributed by atoms with E-state index in [-0.39, 0.29) is 12.1 Å². The van der Waals surface area contributed by atoms with Gasteiger partial charge in [0.05, 0.1) is 6.10 Å². The zero-order chi connectivity index (χ0) is 13.7. The van der Waals surface area contributed by atoms with Gasteiger partial charge in [-0.3, -0.25) is 0 Å². The van der Waals surface area contributed by atoms with Gasteiger partial charge in [-0.05, 0) is 43.9 Å². The monoisotopic (exact) mass is 269 g/mol. The van der Waals surface area contributed by atoms with Gasteiger partial charge in [0.1, 0.15) is 11.6 Å². The third-order valence-electron chi connectivity index (χ3n) is 3.53. The van der Waals surface area contributed by atoms with Crippen LogP contribution >= 0.6 is 0 Å². The molecule has 0 amide bonds. The Bertz CT molecular complexity index is 405. The van der Waals surface area contributed by atoms with E-state index in [4.69, 9.17) is 4.74 Å². The molecule has 19 heavy (non-hydrogen) atoms. The molecule has 0 spiro atoms. The van der Waals surface area contributed by atoms with E-state index in [9.17, 15) is 8.78 Å². The van der Waals surface area contributed by atoms with E-state index in [1.807, 2.05) is 0 Å². The van der Waals surface area contributed by atoms with Crippen LogP contribution in [0.1, 0.15) is 31.7 Å². The minimum atomic E-state index is -0.531. The Hall–Kier alpha value is -1.00. The Balaban J connectivity index is 2.05. The summed E-state index contributed by atoms with van der Waals surface area (Å²) in [7, 11) is 0. The van der Waals surface area contributed by atoms with Crippen molar-refractivity contribution in [2.24, 2.45) is 0 Å². The lowest BCUT2D eigenvalue weighted by Gasteiger charge is -2.24. The fourth-order valence-electron chi connectivity index (χ4n) is 2.51. The average molecular weight is 269 g/mol. The van der Waals surface area contributed by atoms with Gasteiger partial charge in [-0.2, -0.15) is 0 Å². The first-order valence-corrected chi connectivity index (χ1v) is 6.99. The Morgan fingerprint density at radius 1 is 1.42 bits per heavy atom. The molecule has 0 bridgehead atoms. The lowest BCUT2D eigenvalue weighted by atomic mass is 9.99. The normalized spacial score (nSPS) is 20.7. The molecule has 1 saturated heterocycles. The molecule has 1 aromatic rings. The number of benzene rings is 1. The fraction of sp³-hybridized carbons (Fsp3) is 0.600. The van der Waals surface area contributed by atoms with E-state index in [1.54, 1.807) is 0 Å². The summed E-state index contributed by atoms with van der Waals surface area (Å²) in [6, 6.07) is 3.88. The summed E-state index contributed by atoms with van der Waals surface area (Å²) < 4.78 is 32.3. The van der Waals surface area contributed by atoms with Crippen LogP contribution < -0.4 is 5.32 Å². The van der Waals surface area contributed by atoms with Crippen molar-refractivity contribution in [1.82, 2.24) is 5.32 Å². The third-order valence-corrected chi connectivity index (χ3v) is 3.53. The Kier molecular flexibility index (Phi) is 5.28. The zero-order valence-electron chi connectivity index (χ0n) is 11.3. The van der Waals surface area contributed by atoms with Crippen LogP contribution in [-0.4, -0.2) is 25.3 Å². The number of ether oxygens (including phenoxy) is 1. The molecule has 106 valence electrons. The molecule has 2 nitrogen and oxygen atoms in total. The van der Waals surface area contributed by atoms with Crippen molar-refractivity contribution >= 4 is 0 Å². The summed E-state index contributed by atoms with van der Waals surface area (Å²) in [5.74, 6) is -1.00. The second-order valence-corrected chi connectivity index (χ2v) is 5.05. The van der Waals surface area contributed by atoms with Gasteiger partial charge in [-0.1, -0.05) is 13.0 Å². The van der Waals surface area contributed by atoms with Crippen LogP contribution in [-0.2, 0) is 11.2 Å². The van der Waals surface area contributed by atoms with E-state index >= 15 is 0 Å². The molecule has 0 aromatic heterocycles. The van der Waals surface area contributed by atoms with Gasteiger partial charge >= 0.3 is 0 Å². The van der Waals surface area contributed by atoms with Gasteiger partial charge in [0.15, 0.2) is 0 Å². The van der Waals surface area contributed by atoms with Crippen LogP contribution in [0.3, 0.4) is 0 Å². The number of hydrogen-bond acceptors (Lipinski definition) is 2. The summed E-state index contributed by atoms with van der Waals surface area (Å²) in [6.07, 6.45) is 3.76. The molecule has 0 aliphatic carbocycles. The second-order valence-electron chi connectivity index (χ2n) is 5.05. The first-order valence-electron chi connectivity index (χ1n) is 6.99. The molecule has 1 aromatic carbocycles. The molecule has 1 heterocycles. The van der Waals surface area contributed by atoms with Crippen molar-refractivity contribution in [2.45, 2.75) is 44.8 Å². The van der Waals surface area contributed by atoms with Gasteiger partial charge in [0.2, 0.25) is 0 Å². The smallest absolute Gasteiger partial charge is 0.129 e. The quantitative estimate of drug-likeness (QED) is 0.857. The first kappa shape index (κ1) is 14.4. The van der Waals surface area contributed by atoms with Gasteiger partial charge in [0, 0.05) is 18.7 Å². The number of halogens is 2. The van der Waals surface area contributed by atoms with E-state index in [1.165, 1.54) is 12.1 Å². The molecule has 0 saturated carbocycles. The summed E-state index contributed by atoms with van der Waals surface area (Å²) >= 11 is 0. The molecular weight excluding hydrogens is 248 g/mol. The molecule has 2 atom stereocenters. The van der Waals surface area contributed by atoms with Gasteiger partial charge in [-0.15, -0.1) is 0 Å². The highest BCUT2D eigenvalue weighted by molar-refractivity contribution is 5.20. The molecule has 1 N–H and O–H groups in total. The summed E-state index contributed by atoms with van der Waals surface area (Å²) in [5.41, 5.74) is 0.547. The molecule has 2 rings (SSSR count). The van der Waals surface area contributed by atoms with Crippen LogP contribution in [0.2, 0.25) is 0 Å². The van der Waals surface area contributed by atoms with E-state index in [2.05, 4.69) is 12.2 Å². The molecule has 1 aliphatic rings. The number of rotatable bonds is 6. The topological polar surface area (TPSA) is 21.3 Å². The van der Waals surface area contributed by atoms with E-state index in [0.717, 1.165) is 38.5 Å². The van der Waals surface area contributed by atoms with Crippen molar-refractivity contribution in [1.29, 1.82) is 0 Å². The van der Waals surface area contributed by atoms with E-state index < -0.39 is 11.6 Å². The van der Waals surface area contributed by atoms with Crippen molar-refractivity contribution in [2.75, 3.05) is 13.2 Å². The average Bonchev–Trinajstić information content (AvgIpc) is 2.90. The van der Waals surface area contributed by atoms with Crippen LogP contribution in [0.25, 0.3) is 0 Å². The van der Waals surface area contributed by atoms with Crippen molar-refractivity contribution in [3.63, 3.8) is 0 Å². The lowest BCUT2D eigenvalue weighted by Crippen LogP contribution is -2.41. The maximum absolute atomic E-state index is 13.7. The molecule has 1 aliphatic heterocycles. The maximum atomic E-state index is 13.7. The predicted octanol–water partition coefficient (Wildman–Crippen LogP) is 3.05. The summed E-state index contributed by atoms with van der Waals surface area (Å²) in [4.78, 5) is 0. The van der Waals surface area contributed by atoms with Crippen LogP contribution in [0, 0.1) is 11.6 Å². The minimum absolute atomic E-state index is 0.0995. The standard InChI is InChI=1S/C15H21F2NO/c1-2-7-18-14(15-4-3-8-19-15)9-11-5-6-12(16)10-13(11)17/h5-6,10,14-15,18H,2-4,7-9H2,1H3. The first-order chi connectivity index (χ1) is 9.20. The fourth-order valence-corrected chi connectivity index (χ4v) is 2.51. The lowest BCUT2D eigenvalue weighted by molar-refractivity contribution is 0.0781. The maximum Gasteiger partial charge on any atom is 0.129 e. The minimum Gasteiger partial charge on any atom is -0.377 e. The molecule has 4 heteroatoms. The Morgan fingerprint density at radius 2 is 2.26 bits per heavy atom. The van der Waals surface area contributed by atoms with Crippen molar-refractivity contribution < 1.29 is 13.5 Å². The largest absolute Gasteiger partial charge is 0.377 e. The highest BCUT2D eigenvalue weighted by atomic mass is 19.1. The van der Waals surface area contributed by atoms with Crippen LogP contribution in [0.5, 0.6) is 0 Å². The highest BCUT2D eigenvalue weighted by Crippen LogP contribution is 2.20. The van der Waals surface area contributed by atoms with Gasteiger partial charge < -0.3 is 10.1 Å². The molecular formula is C15H21F2NO. The van der Waals surface area contributed by atoms with Crippen LogP contribution in [0.15, 0.2) is 18.2 Å². The molecule has 1 fully saturated rings. The van der Waals surface area contributed by atoms with Crippen molar-refractivity contribution in [3.8, 4) is 0 Å². The Labute approximate surface area is 113 Å². The predicted molar refractivity (Wildman–Crippen MR) is 71.1 cm³/mol. The molecule has 0 radical (unpaired) electrons. The van der Waals surface area contributed by atoms with Crippen molar-refractivity contribution in [3.05, 3.63) is 35.4 Å². The third kappa shape index (κ3) is 3.98. The SMILES string of the molecule is CCCNC(Cc1ccc(F)cc1F)C1CCCO1. The zero-order valence-corrected chi connectivity index (χ0v) is 11.3. The second kappa shape index (κ2) is 6.96. The Morgan fingerprint density at radius 3 is 2.89 bits per heavy atom. The van der Waals surface area contributed by atoms with E-state index in [0.29, 0.717) is 12.0 Å². The van der Waals surface area contributed by atoms with Gasteiger partial charge in [0.25, 0.3) is 0 Å². The number of hydrogen-bond donors (Lipinski definition) is 1. The van der Waals surface area contributed by atoms with Gasteiger partial charge in [-0.25, -0.2) is 8.78 Å². The molecule has 2 unspecified atom stereocenters. The summed E-state index contributed by atoms with van der Waals surface area (Å²) in [6.45, 7) is 3.76.